The summed E-state index contributed by atoms with van der Waals surface area (Å²) in [4.78, 5) is 16.2. The van der Waals surface area contributed by atoms with E-state index < -0.39 is 21.5 Å². The molecule has 1 aromatic heterocycles. The minimum atomic E-state index is -3.92. The first-order valence-electron chi connectivity index (χ1n) is 9.61. The maximum atomic E-state index is 12.6. The van der Waals surface area contributed by atoms with E-state index in [0.29, 0.717) is 12.2 Å². The fourth-order valence-corrected chi connectivity index (χ4v) is 4.64. The molecular formula is C20H28ClN3O5S. The molecule has 0 amide bonds. The Bertz CT molecular complexity index is 985. The maximum Gasteiger partial charge on any atom is 0.326 e. The molecule has 0 unspecified atom stereocenters. The second-order valence-corrected chi connectivity index (χ2v) is 9.52. The molecule has 0 saturated carbocycles. The number of nitrogens with zero attached hydrogens (tertiary/aromatic N) is 2. The summed E-state index contributed by atoms with van der Waals surface area (Å²) in [6, 6.07) is 6.29. The highest BCUT2D eigenvalue weighted by Crippen LogP contribution is 2.22. The molecule has 0 bridgehead atoms. The van der Waals surface area contributed by atoms with E-state index >= 15 is 0 Å². The third kappa shape index (κ3) is 5.60. The first kappa shape index (κ1) is 24.3. The summed E-state index contributed by atoms with van der Waals surface area (Å²) in [6.45, 7) is 5.10. The van der Waals surface area contributed by atoms with E-state index in [2.05, 4.69) is 21.4 Å². The molecule has 10 heteroatoms. The first-order valence-corrected chi connectivity index (χ1v) is 11.5. The number of benzene rings is 1. The molecule has 166 valence electrons. The van der Waals surface area contributed by atoms with E-state index in [9.17, 15) is 18.3 Å². The Morgan fingerprint density at radius 1 is 1.30 bits per heavy atom. The molecule has 2 rings (SSSR count). The van der Waals surface area contributed by atoms with Gasteiger partial charge in [0, 0.05) is 13.0 Å². The van der Waals surface area contributed by atoms with E-state index in [0.717, 1.165) is 30.7 Å². The topological polar surface area (TPSA) is 111 Å². The average molecular weight is 458 g/mol. The Morgan fingerprint density at radius 2 is 1.93 bits per heavy atom. The van der Waals surface area contributed by atoms with Crippen LogP contribution in [0.2, 0.25) is 5.15 Å². The van der Waals surface area contributed by atoms with Crippen LogP contribution in [-0.4, -0.2) is 41.7 Å². The van der Waals surface area contributed by atoms with Crippen molar-refractivity contribution in [3.05, 3.63) is 46.5 Å². The van der Waals surface area contributed by atoms with E-state index in [1.54, 1.807) is 12.1 Å². The lowest BCUT2D eigenvalue weighted by molar-refractivity contribution is -0.146. The Morgan fingerprint density at radius 3 is 2.47 bits per heavy atom. The largest absolute Gasteiger partial charge is 0.468 e. The quantitative estimate of drug-likeness (QED) is 0.530. The van der Waals surface area contributed by atoms with Crippen molar-refractivity contribution < 1.29 is 23.1 Å². The van der Waals surface area contributed by atoms with Crippen LogP contribution in [-0.2, 0) is 39.1 Å². The standard InChI is InChI=1S/C20H28ClN3O5S/c1-5-6-7-17-22-18(21)16(13-25)24(17)12-14-8-10-15(11-9-14)30(27,28)23-20(2,3)19(26)29-4/h8-11,23,25H,5-7,12-13H2,1-4H3. The number of aliphatic hydroxyl groups excluding tert-OH is 1. The van der Waals surface area contributed by atoms with Gasteiger partial charge in [0.05, 0.1) is 24.3 Å². The third-order valence-corrected chi connectivity index (χ3v) is 6.64. The second kappa shape index (κ2) is 9.91. The molecule has 8 nitrogen and oxygen atoms in total. The zero-order valence-electron chi connectivity index (χ0n) is 17.6. The highest BCUT2D eigenvalue weighted by Gasteiger charge is 2.34. The van der Waals surface area contributed by atoms with Crippen molar-refractivity contribution in [3.8, 4) is 0 Å². The number of hydrogen-bond acceptors (Lipinski definition) is 6. The summed E-state index contributed by atoms with van der Waals surface area (Å²) in [5.41, 5.74) is -0.0482. The van der Waals surface area contributed by atoms with E-state index in [-0.39, 0.29) is 16.7 Å². The molecule has 2 N–H and O–H groups in total. The average Bonchev–Trinajstić information content (AvgIpc) is 2.99. The van der Waals surface area contributed by atoms with Crippen molar-refractivity contribution in [2.45, 2.75) is 63.6 Å². The van der Waals surface area contributed by atoms with Gasteiger partial charge < -0.3 is 14.4 Å². The Kier molecular flexibility index (Phi) is 8.04. The number of nitrogens with one attached hydrogen (secondary N) is 1. The van der Waals surface area contributed by atoms with Gasteiger partial charge in [0.2, 0.25) is 10.0 Å². The summed E-state index contributed by atoms with van der Waals surface area (Å²) < 4.78 is 34.1. The lowest BCUT2D eigenvalue weighted by Crippen LogP contribution is -2.50. The Hall–Kier alpha value is -1.94. The predicted octanol–water partition coefficient (Wildman–Crippen LogP) is 2.65. The van der Waals surface area contributed by atoms with Crippen LogP contribution in [0.1, 0.15) is 50.7 Å². The molecule has 0 aliphatic rings. The Balaban J connectivity index is 2.26. The van der Waals surface area contributed by atoms with Crippen molar-refractivity contribution in [1.29, 1.82) is 0 Å². The Labute approximate surface area is 182 Å². The maximum absolute atomic E-state index is 12.6. The third-order valence-electron chi connectivity index (χ3n) is 4.67. The number of imidazole rings is 1. The van der Waals surface area contributed by atoms with Gasteiger partial charge in [-0.2, -0.15) is 4.72 Å². The van der Waals surface area contributed by atoms with Crippen molar-refractivity contribution >= 4 is 27.6 Å². The van der Waals surface area contributed by atoms with Crippen LogP contribution in [0, 0.1) is 0 Å². The number of aryl methyl sites for hydroxylation is 1. The number of sulfonamides is 1. The van der Waals surface area contributed by atoms with Gasteiger partial charge in [-0.25, -0.2) is 13.4 Å². The molecule has 30 heavy (non-hydrogen) atoms. The molecular weight excluding hydrogens is 430 g/mol. The number of carbonyl (C=O) groups excluding carboxylic acids is 1. The molecule has 2 aromatic rings. The van der Waals surface area contributed by atoms with Crippen LogP contribution in [0.3, 0.4) is 0 Å². The number of esters is 1. The van der Waals surface area contributed by atoms with Crippen LogP contribution in [0.4, 0.5) is 0 Å². The number of halogens is 1. The predicted molar refractivity (Wildman–Crippen MR) is 114 cm³/mol. The SMILES string of the molecule is CCCCc1nc(Cl)c(CO)n1Cc1ccc(S(=O)(=O)NC(C)(C)C(=O)OC)cc1. The monoisotopic (exact) mass is 457 g/mol. The van der Waals surface area contributed by atoms with Crippen molar-refractivity contribution in [1.82, 2.24) is 14.3 Å². The van der Waals surface area contributed by atoms with Crippen LogP contribution in [0.15, 0.2) is 29.2 Å². The number of rotatable bonds is 10. The fraction of sp³-hybridized carbons (Fsp3) is 0.500. The smallest absolute Gasteiger partial charge is 0.326 e. The van der Waals surface area contributed by atoms with Crippen molar-refractivity contribution in [2.24, 2.45) is 0 Å². The molecule has 0 fully saturated rings. The zero-order valence-corrected chi connectivity index (χ0v) is 19.2. The van der Waals surface area contributed by atoms with Gasteiger partial charge in [0.15, 0.2) is 5.15 Å². The van der Waals surface area contributed by atoms with Crippen LogP contribution in [0.5, 0.6) is 0 Å². The van der Waals surface area contributed by atoms with Crippen LogP contribution in [0.25, 0.3) is 0 Å². The zero-order chi connectivity index (χ0) is 22.5. The molecule has 0 spiro atoms. The summed E-state index contributed by atoms with van der Waals surface area (Å²) in [5.74, 6) is 0.0971. The van der Waals surface area contributed by atoms with E-state index in [4.69, 9.17) is 11.6 Å². The number of aromatic nitrogens is 2. The number of hydrogen-bond donors (Lipinski definition) is 2. The minimum Gasteiger partial charge on any atom is -0.468 e. The van der Waals surface area contributed by atoms with Crippen LogP contribution >= 0.6 is 11.6 Å². The minimum absolute atomic E-state index is 0.0282. The number of aliphatic hydroxyl groups is 1. The summed E-state index contributed by atoms with van der Waals surface area (Å²) in [6.07, 6.45) is 2.67. The molecule has 1 aromatic carbocycles. The first-order chi connectivity index (χ1) is 14.1. The van der Waals surface area contributed by atoms with Crippen molar-refractivity contribution in [3.63, 3.8) is 0 Å². The van der Waals surface area contributed by atoms with E-state index in [1.165, 1.54) is 33.1 Å². The number of methoxy groups -OCH3 is 1. The van der Waals surface area contributed by atoms with Crippen LogP contribution < -0.4 is 4.72 Å². The van der Waals surface area contributed by atoms with Gasteiger partial charge in [-0.3, -0.25) is 4.79 Å². The van der Waals surface area contributed by atoms with Crippen molar-refractivity contribution in [2.75, 3.05) is 7.11 Å². The number of carbonyl (C=O) groups is 1. The van der Waals surface area contributed by atoms with Gasteiger partial charge in [0.25, 0.3) is 0 Å². The lowest BCUT2D eigenvalue weighted by atomic mass is 10.1. The molecule has 0 saturated heterocycles. The molecule has 0 aliphatic carbocycles. The van der Waals surface area contributed by atoms with E-state index in [1.807, 2.05) is 4.57 Å². The highest BCUT2D eigenvalue weighted by molar-refractivity contribution is 7.89. The second-order valence-electron chi connectivity index (χ2n) is 7.48. The highest BCUT2D eigenvalue weighted by atomic mass is 35.5. The normalized spacial score (nSPS) is 12.2. The summed E-state index contributed by atoms with van der Waals surface area (Å²) in [7, 11) is -2.72. The van der Waals surface area contributed by atoms with Gasteiger partial charge in [-0.1, -0.05) is 37.1 Å². The summed E-state index contributed by atoms with van der Waals surface area (Å²) >= 11 is 6.16. The van der Waals surface area contributed by atoms with Gasteiger partial charge in [-0.05, 0) is 38.0 Å². The van der Waals surface area contributed by atoms with Gasteiger partial charge in [0.1, 0.15) is 11.4 Å². The van der Waals surface area contributed by atoms with Gasteiger partial charge >= 0.3 is 5.97 Å². The molecule has 0 radical (unpaired) electrons. The summed E-state index contributed by atoms with van der Waals surface area (Å²) in [5, 5.41) is 9.94. The number of unbranched alkanes of at least 4 members (excludes halogenated alkanes) is 1. The molecule has 0 aliphatic heterocycles. The van der Waals surface area contributed by atoms with Gasteiger partial charge in [-0.15, -0.1) is 0 Å². The molecule has 1 heterocycles. The fourth-order valence-electron chi connectivity index (χ4n) is 3.02. The molecule has 0 atom stereocenters. The lowest BCUT2D eigenvalue weighted by Gasteiger charge is -2.22. The number of ether oxygens (including phenoxy) is 1.